The number of anilines is 2. The lowest BCUT2D eigenvalue weighted by Crippen LogP contribution is -2.11. The van der Waals surface area contributed by atoms with Gasteiger partial charge in [0.25, 0.3) is 0 Å². The molecule has 1 aromatic heterocycles. The van der Waals surface area contributed by atoms with Crippen LogP contribution < -0.4 is 16.4 Å². The molecule has 4 N–H and O–H groups in total. The van der Waals surface area contributed by atoms with Crippen molar-refractivity contribution in [2.75, 3.05) is 17.3 Å². The monoisotopic (exact) mass is 506 g/mol. The SMILES string of the molecule is C=C/C=C(\Nc1ccccc1-c1ccccc1NCN)c1ccc2c3ccccc3n(-c3ccccc3)c2c1. The minimum Gasteiger partial charge on any atom is -0.372 e. The van der Waals surface area contributed by atoms with Gasteiger partial charge >= 0.3 is 0 Å². The molecule has 0 fully saturated rings. The topological polar surface area (TPSA) is 55.0 Å². The molecule has 39 heavy (non-hydrogen) atoms. The van der Waals surface area contributed by atoms with Gasteiger partial charge in [0.05, 0.1) is 17.7 Å². The van der Waals surface area contributed by atoms with Crippen LogP contribution in [0, 0.1) is 0 Å². The zero-order valence-electron chi connectivity index (χ0n) is 21.6. The molecule has 0 unspecified atom stereocenters. The number of nitrogens with zero attached hydrogens (tertiary/aromatic N) is 1. The Morgan fingerprint density at radius 2 is 1.33 bits per heavy atom. The molecule has 0 amide bonds. The number of fused-ring (bicyclic) bond motifs is 3. The standard InChI is InChI=1S/C35H30N4/c1-2-12-31(38-33-19-10-7-16-28(33)27-15-6-9-18-32(27)37-24-36)25-21-22-30-29-17-8-11-20-34(29)39(35(30)23-25)26-13-4-3-5-14-26/h2-23,37-38H,1,24,36H2/b31-12-. The van der Waals surface area contributed by atoms with E-state index in [1.54, 1.807) is 0 Å². The number of hydrogen-bond acceptors (Lipinski definition) is 3. The second-order valence-corrected chi connectivity index (χ2v) is 9.33. The summed E-state index contributed by atoms with van der Waals surface area (Å²) in [6, 6.07) is 42.3. The van der Waals surface area contributed by atoms with E-state index in [0.717, 1.165) is 45.0 Å². The van der Waals surface area contributed by atoms with E-state index in [1.165, 1.54) is 16.3 Å². The lowest BCUT2D eigenvalue weighted by molar-refractivity contribution is 1.14. The highest BCUT2D eigenvalue weighted by molar-refractivity contribution is 6.10. The summed E-state index contributed by atoms with van der Waals surface area (Å²) in [6.07, 6.45) is 3.85. The number of allylic oxidation sites excluding steroid dienone is 2. The summed E-state index contributed by atoms with van der Waals surface area (Å²) in [5.41, 5.74) is 15.5. The van der Waals surface area contributed by atoms with E-state index in [-0.39, 0.29) is 0 Å². The van der Waals surface area contributed by atoms with Gasteiger partial charge < -0.3 is 20.9 Å². The first-order valence-electron chi connectivity index (χ1n) is 13.1. The smallest absolute Gasteiger partial charge is 0.0628 e. The van der Waals surface area contributed by atoms with E-state index in [1.807, 2.05) is 30.4 Å². The highest BCUT2D eigenvalue weighted by Crippen LogP contribution is 2.37. The molecular formula is C35H30N4. The first-order valence-corrected chi connectivity index (χ1v) is 13.1. The minimum absolute atomic E-state index is 0.365. The third kappa shape index (κ3) is 4.58. The molecule has 0 aliphatic heterocycles. The van der Waals surface area contributed by atoms with Crippen LogP contribution >= 0.6 is 0 Å². The Labute approximate surface area is 228 Å². The maximum Gasteiger partial charge on any atom is 0.0628 e. The Hall–Kier alpha value is -5.06. The van der Waals surface area contributed by atoms with E-state index in [0.29, 0.717) is 6.67 Å². The third-order valence-corrected chi connectivity index (χ3v) is 6.99. The largest absolute Gasteiger partial charge is 0.372 e. The van der Waals surface area contributed by atoms with Gasteiger partial charge in [-0.2, -0.15) is 0 Å². The Balaban J connectivity index is 1.48. The summed E-state index contributed by atoms with van der Waals surface area (Å²) >= 11 is 0. The normalized spacial score (nSPS) is 11.6. The van der Waals surface area contributed by atoms with Gasteiger partial charge in [-0.3, -0.25) is 0 Å². The molecule has 0 atom stereocenters. The van der Waals surface area contributed by atoms with Crippen LogP contribution in [0.4, 0.5) is 11.4 Å². The lowest BCUT2D eigenvalue weighted by atomic mass is 10.0. The Kier molecular flexibility index (Phi) is 6.69. The number of benzene rings is 5. The number of aromatic nitrogens is 1. The van der Waals surface area contributed by atoms with Crippen molar-refractivity contribution in [3.05, 3.63) is 146 Å². The van der Waals surface area contributed by atoms with Gasteiger partial charge in [-0.25, -0.2) is 0 Å². The van der Waals surface area contributed by atoms with Crippen LogP contribution in [-0.2, 0) is 0 Å². The summed E-state index contributed by atoms with van der Waals surface area (Å²) in [5, 5.41) is 9.45. The fourth-order valence-electron chi connectivity index (χ4n) is 5.28. The van der Waals surface area contributed by atoms with E-state index in [2.05, 4.69) is 125 Å². The van der Waals surface area contributed by atoms with Crippen molar-refractivity contribution >= 4 is 38.9 Å². The van der Waals surface area contributed by atoms with Crippen molar-refractivity contribution in [1.82, 2.24) is 4.57 Å². The summed E-state index contributed by atoms with van der Waals surface area (Å²) in [7, 11) is 0. The quantitative estimate of drug-likeness (QED) is 0.143. The Morgan fingerprint density at radius 1 is 0.692 bits per heavy atom. The average Bonchev–Trinajstić information content (AvgIpc) is 3.32. The van der Waals surface area contributed by atoms with Crippen molar-refractivity contribution < 1.29 is 0 Å². The second-order valence-electron chi connectivity index (χ2n) is 9.33. The van der Waals surface area contributed by atoms with Crippen molar-refractivity contribution in [2.24, 2.45) is 5.73 Å². The molecule has 6 rings (SSSR count). The van der Waals surface area contributed by atoms with Gasteiger partial charge in [-0.15, -0.1) is 0 Å². The summed E-state index contributed by atoms with van der Waals surface area (Å²) < 4.78 is 2.34. The molecule has 190 valence electrons. The van der Waals surface area contributed by atoms with Gasteiger partial charge in [0.2, 0.25) is 0 Å². The Morgan fingerprint density at radius 3 is 2.10 bits per heavy atom. The fraction of sp³-hybridized carbons (Fsp3) is 0.0286. The maximum atomic E-state index is 5.82. The summed E-state index contributed by atoms with van der Waals surface area (Å²) in [5.74, 6) is 0. The maximum absolute atomic E-state index is 5.82. The number of para-hydroxylation sites is 4. The number of rotatable bonds is 8. The highest BCUT2D eigenvalue weighted by Gasteiger charge is 2.15. The fourth-order valence-corrected chi connectivity index (χ4v) is 5.28. The van der Waals surface area contributed by atoms with Crippen LogP contribution in [0.5, 0.6) is 0 Å². The molecule has 0 aliphatic carbocycles. The third-order valence-electron chi connectivity index (χ3n) is 6.99. The molecule has 0 aliphatic rings. The van der Waals surface area contributed by atoms with Crippen molar-refractivity contribution in [2.45, 2.75) is 0 Å². The lowest BCUT2D eigenvalue weighted by Gasteiger charge is -2.18. The first kappa shape index (κ1) is 24.3. The average molecular weight is 507 g/mol. The van der Waals surface area contributed by atoms with Gasteiger partial charge in [0.1, 0.15) is 0 Å². The molecule has 0 saturated carbocycles. The van der Waals surface area contributed by atoms with Crippen LogP contribution in [0.25, 0.3) is 44.3 Å². The summed E-state index contributed by atoms with van der Waals surface area (Å²) in [6.45, 7) is 4.37. The van der Waals surface area contributed by atoms with E-state index < -0.39 is 0 Å². The van der Waals surface area contributed by atoms with Crippen LogP contribution in [0.1, 0.15) is 5.56 Å². The predicted octanol–water partition coefficient (Wildman–Crippen LogP) is 8.42. The number of hydrogen-bond donors (Lipinski definition) is 3. The van der Waals surface area contributed by atoms with Gasteiger partial charge in [0.15, 0.2) is 0 Å². The van der Waals surface area contributed by atoms with Crippen LogP contribution in [-0.4, -0.2) is 11.2 Å². The van der Waals surface area contributed by atoms with E-state index in [4.69, 9.17) is 5.73 Å². The Bertz CT molecular complexity index is 1810. The molecule has 1 heterocycles. The first-order chi connectivity index (χ1) is 19.3. The zero-order valence-corrected chi connectivity index (χ0v) is 21.6. The molecule has 6 aromatic rings. The van der Waals surface area contributed by atoms with Gasteiger partial charge in [0, 0.05) is 50.2 Å². The van der Waals surface area contributed by atoms with Crippen LogP contribution in [0.15, 0.2) is 140 Å². The molecule has 0 radical (unpaired) electrons. The molecular weight excluding hydrogens is 476 g/mol. The molecule has 4 nitrogen and oxygen atoms in total. The van der Waals surface area contributed by atoms with E-state index in [9.17, 15) is 0 Å². The predicted molar refractivity (Wildman–Crippen MR) is 167 cm³/mol. The number of nitrogens with one attached hydrogen (secondary N) is 2. The molecule has 0 spiro atoms. The van der Waals surface area contributed by atoms with Crippen molar-refractivity contribution in [3.8, 4) is 16.8 Å². The number of nitrogens with two attached hydrogens (primary N) is 1. The molecule has 5 aromatic carbocycles. The molecule has 4 heteroatoms. The molecule has 0 saturated heterocycles. The van der Waals surface area contributed by atoms with Crippen molar-refractivity contribution in [1.29, 1.82) is 0 Å². The van der Waals surface area contributed by atoms with Crippen LogP contribution in [0.2, 0.25) is 0 Å². The van der Waals surface area contributed by atoms with Crippen molar-refractivity contribution in [3.63, 3.8) is 0 Å². The summed E-state index contributed by atoms with van der Waals surface area (Å²) in [4.78, 5) is 0. The minimum atomic E-state index is 0.365. The highest BCUT2D eigenvalue weighted by atomic mass is 15.0. The zero-order chi connectivity index (χ0) is 26.6. The van der Waals surface area contributed by atoms with Gasteiger partial charge in [-0.05, 0) is 42.5 Å². The van der Waals surface area contributed by atoms with Gasteiger partial charge in [-0.1, -0.05) is 97.6 Å². The second kappa shape index (κ2) is 10.7. The molecule has 0 bridgehead atoms. The van der Waals surface area contributed by atoms with E-state index >= 15 is 0 Å². The van der Waals surface area contributed by atoms with Crippen LogP contribution in [0.3, 0.4) is 0 Å².